The minimum absolute atomic E-state index is 0.657. The second kappa shape index (κ2) is 4.17. The van der Waals surface area contributed by atoms with E-state index in [0.29, 0.717) is 5.41 Å². The predicted molar refractivity (Wildman–Crippen MR) is 59.5 cm³/mol. The van der Waals surface area contributed by atoms with Crippen molar-refractivity contribution in [3.63, 3.8) is 0 Å². The van der Waals surface area contributed by atoms with Crippen molar-refractivity contribution in [2.45, 2.75) is 12.8 Å². The topological polar surface area (TPSA) is 18.5 Å². The van der Waals surface area contributed by atoms with E-state index in [2.05, 4.69) is 29.2 Å². The van der Waals surface area contributed by atoms with Crippen molar-refractivity contribution in [2.24, 2.45) is 5.41 Å². The Balaban J connectivity index is 1.76. The highest BCUT2D eigenvalue weighted by Gasteiger charge is 2.40. The molecular weight excluding hydrogens is 174 g/mol. The van der Waals surface area contributed by atoms with Gasteiger partial charge in [0.2, 0.25) is 0 Å². The van der Waals surface area contributed by atoms with Gasteiger partial charge in [0.15, 0.2) is 0 Å². The van der Waals surface area contributed by atoms with Gasteiger partial charge in [-0.05, 0) is 33.5 Å². The summed E-state index contributed by atoms with van der Waals surface area (Å²) >= 11 is 0. The highest BCUT2D eigenvalue weighted by atomic mass is 15.2. The van der Waals surface area contributed by atoms with Crippen molar-refractivity contribution >= 4 is 0 Å². The Hall–Kier alpha value is -0.120. The second-order valence-corrected chi connectivity index (χ2v) is 5.29. The fourth-order valence-corrected chi connectivity index (χ4v) is 2.61. The molecule has 0 radical (unpaired) electrons. The van der Waals surface area contributed by atoms with E-state index in [-0.39, 0.29) is 0 Å². The summed E-state index contributed by atoms with van der Waals surface area (Å²) in [6.07, 6.45) is 2.84. The van der Waals surface area contributed by atoms with Gasteiger partial charge in [-0.15, -0.1) is 0 Å². The predicted octanol–water partition coefficient (Wildman–Crippen LogP) is 0.233. The van der Waals surface area contributed by atoms with Crippen LogP contribution in [0.2, 0.25) is 0 Å². The summed E-state index contributed by atoms with van der Waals surface area (Å²) in [6.45, 7) is 7.60. The van der Waals surface area contributed by atoms with E-state index in [9.17, 15) is 0 Å². The molecule has 1 N–H and O–H groups in total. The summed E-state index contributed by atoms with van der Waals surface area (Å²) in [4.78, 5) is 4.92. The van der Waals surface area contributed by atoms with Crippen LogP contribution in [0.5, 0.6) is 0 Å². The molecule has 3 heteroatoms. The molecule has 0 aromatic heterocycles. The first-order valence-corrected chi connectivity index (χ1v) is 5.78. The van der Waals surface area contributed by atoms with E-state index in [1.54, 1.807) is 0 Å². The van der Waals surface area contributed by atoms with Gasteiger partial charge in [-0.1, -0.05) is 0 Å². The Morgan fingerprint density at radius 2 is 2.14 bits per heavy atom. The largest absolute Gasteiger partial charge is 0.315 e. The van der Waals surface area contributed by atoms with E-state index in [4.69, 9.17) is 0 Å². The molecule has 0 amide bonds. The third kappa shape index (κ3) is 2.27. The van der Waals surface area contributed by atoms with Gasteiger partial charge < -0.3 is 15.1 Å². The summed E-state index contributed by atoms with van der Waals surface area (Å²) in [5.41, 5.74) is 0.657. The molecule has 2 saturated heterocycles. The van der Waals surface area contributed by atoms with Crippen LogP contribution in [0.4, 0.5) is 0 Å². The zero-order valence-corrected chi connectivity index (χ0v) is 9.55. The normalized spacial score (nSPS) is 26.8. The first-order chi connectivity index (χ1) is 6.70. The number of likely N-dealkylation sites (tertiary alicyclic amines) is 1. The molecule has 82 valence electrons. The molecule has 2 aliphatic rings. The van der Waals surface area contributed by atoms with Crippen molar-refractivity contribution in [1.82, 2.24) is 15.1 Å². The monoisotopic (exact) mass is 197 g/mol. The van der Waals surface area contributed by atoms with Gasteiger partial charge in [0.1, 0.15) is 0 Å². The minimum Gasteiger partial charge on any atom is -0.315 e. The lowest BCUT2D eigenvalue weighted by Gasteiger charge is -2.49. The Morgan fingerprint density at radius 1 is 1.36 bits per heavy atom. The molecule has 1 spiro atoms. The molecule has 2 rings (SSSR count). The molecule has 14 heavy (non-hydrogen) atoms. The van der Waals surface area contributed by atoms with Crippen LogP contribution in [-0.4, -0.2) is 63.2 Å². The molecule has 0 atom stereocenters. The Bertz CT molecular complexity index is 187. The molecule has 3 nitrogen and oxygen atoms in total. The van der Waals surface area contributed by atoms with E-state index >= 15 is 0 Å². The summed E-state index contributed by atoms with van der Waals surface area (Å²) in [5, 5.41) is 3.42. The Kier molecular flexibility index (Phi) is 3.10. The molecule has 2 fully saturated rings. The number of hydrogen-bond acceptors (Lipinski definition) is 3. The van der Waals surface area contributed by atoms with E-state index in [1.165, 1.54) is 52.1 Å². The summed E-state index contributed by atoms with van der Waals surface area (Å²) in [5.74, 6) is 0. The van der Waals surface area contributed by atoms with Crippen LogP contribution in [0.25, 0.3) is 0 Å². The van der Waals surface area contributed by atoms with Crippen molar-refractivity contribution in [2.75, 3.05) is 53.4 Å². The maximum absolute atomic E-state index is 3.42. The lowest BCUT2D eigenvalue weighted by Crippen LogP contribution is -2.61. The number of likely N-dealkylation sites (N-methyl/N-ethyl adjacent to an activating group) is 1. The first-order valence-electron chi connectivity index (χ1n) is 5.78. The molecule has 2 heterocycles. The van der Waals surface area contributed by atoms with Crippen LogP contribution in [-0.2, 0) is 0 Å². The number of hydrogen-bond donors (Lipinski definition) is 1. The van der Waals surface area contributed by atoms with E-state index in [0.717, 1.165) is 0 Å². The second-order valence-electron chi connectivity index (χ2n) is 5.29. The lowest BCUT2D eigenvalue weighted by atomic mass is 9.75. The highest BCUT2D eigenvalue weighted by Crippen LogP contribution is 2.33. The van der Waals surface area contributed by atoms with Crippen molar-refractivity contribution in [1.29, 1.82) is 0 Å². The van der Waals surface area contributed by atoms with Crippen molar-refractivity contribution in [3.8, 4) is 0 Å². The van der Waals surface area contributed by atoms with Gasteiger partial charge in [-0.2, -0.15) is 0 Å². The maximum Gasteiger partial charge on any atom is 0.0109 e. The van der Waals surface area contributed by atoms with Gasteiger partial charge in [0, 0.05) is 38.1 Å². The van der Waals surface area contributed by atoms with Gasteiger partial charge in [0.25, 0.3) is 0 Å². The summed E-state index contributed by atoms with van der Waals surface area (Å²) in [7, 11) is 4.31. The average molecular weight is 197 g/mol. The third-order valence-electron chi connectivity index (χ3n) is 3.60. The van der Waals surface area contributed by atoms with Crippen LogP contribution in [0.1, 0.15) is 12.8 Å². The number of nitrogens with one attached hydrogen (secondary N) is 1. The van der Waals surface area contributed by atoms with E-state index in [1.807, 2.05) is 0 Å². The standard InChI is InChI=1S/C11H23N3/c1-13(2)6-7-14-5-3-4-11(10-14)8-12-9-11/h12H,3-10H2,1-2H3. The molecule has 0 aliphatic carbocycles. The SMILES string of the molecule is CN(C)CCN1CCCC2(CNC2)C1. The van der Waals surface area contributed by atoms with Gasteiger partial charge in [-0.3, -0.25) is 0 Å². The zero-order chi connectivity index (χ0) is 10.0. The summed E-state index contributed by atoms with van der Waals surface area (Å²) < 4.78 is 0. The fourth-order valence-electron chi connectivity index (χ4n) is 2.61. The Morgan fingerprint density at radius 3 is 2.71 bits per heavy atom. The maximum atomic E-state index is 3.42. The third-order valence-corrected chi connectivity index (χ3v) is 3.60. The molecule has 0 unspecified atom stereocenters. The van der Waals surface area contributed by atoms with Crippen LogP contribution < -0.4 is 5.32 Å². The smallest absolute Gasteiger partial charge is 0.0109 e. The molecule has 0 saturated carbocycles. The van der Waals surface area contributed by atoms with Crippen LogP contribution in [0.15, 0.2) is 0 Å². The van der Waals surface area contributed by atoms with Crippen LogP contribution >= 0.6 is 0 Å². The van der Waals surface area contributed by atoms with Crippen molar-refractivity contribution in [3.05, 3.63) is 0 Å². The minimum atomic E-state index is 0.657. The van der Waals surface area contributed by atoms with Crippen LogP contribution in [0, 0.1) is 5.41 Å². The van der Waals surface area contributed by atoms with Gasteiger partial charge in [0.05, 0.1) is 0 Å². The Labute approximate surface area is 87.4 Å². The number of rotatable bonds is 3. The summed E-state index contributed by atoms with van der Waals surface area (Å²) in [6, 6.07) is 0. The highest BCUT2D eigenvalue weighted by molar-refractivity contribution is 4.97. The zero-order valence-electron chi connectivity index (χ0n) is 9.55. The molecular formula is C11H23N3. The van der Waals surface area contributed by atoms with E-state index < -0.39 is 0 Å². The quantitative estimate of drug-likeness (QED) is 0.699. The molecule has 0 bridgehead atoms. The van der Waals surface area contributed by atoms with Gasteiger partial charge >= 0.3 is 0 Å². The molecule has 0 aromatic carbocycles. The average Bonchev–Trinajstić information content (AvgIpc) is 2.13. The number of nitrogens with zero attached hydrogens (tertiary/aromatic N) is 2. The molecule has 0 aromatic rings. The lowest BCUT2D eigenvalue weighted by molar-refractivity contribution is 0.0388. The number of piperidine rings is 1. The van der Waals surface area contributed by atoms with Crippen LogP contribution in [0.3, 0.4) is 0 Å². The van der Waals surface area contributed by atoms with Crippen molar-refractivity contribution < 1.29 is 0 Å². The first kappa shape index (κ1) is 10.4. The molecule has 2 aliphatic heterocycles. The fraction of sp³-hybridized carbons (Fsp3) is 1.00. The van der Waals surface area contributed by atoms with Gasteiger partial charge in [-0.25, -0.2) is 0 Å².